The van der Waals surface area contributed by atoms with Crippen molar-refractivity contribution >= 4 is 11.9 Å². The van der Waals surface area contributed by atoms with Gasteiger partial charge in [-0.25, -0.2) is 0 Å². The Morgan fingerprint density at radius 1 is 0.947 bits per heavy atom. The first-order valence-electron chi connectivity index (χ1n) is 7.70. The zero-order valence-corrected chi connectivity index (χ0v) is 11.1. The summed E-state index contributed by atoms with van der Waals surface area (Å²) in [7, 11) is 0. The molecule has 2 saturated heterocycles. The molecule has 0 aromatic carbocycles. The van der Waals surface area contributed by atoms with Crippen LogP contribution in [0, 0.1) is 23.7 Å². The number of nitrogens with zero attached hydrogens (tertiary/aromatic N) is 1. The van der Waals surface area contributed by atoms with Gasteiger partial charge >= 0.3 is 5.97 Å². The maximum absolute atomic E-state index is 12.8. The van der Waals surface area contributed by atoms with Gasteiger partial charge in [-0.15, -0.1) is 0 Å². The fraction of sp³-hybridized carbons (Fsp3) is 0.867. The normalized spacial score (nSPS) is 47.1. The number of fused-ring (bicyclic) bond motifs is 4. The van der Waals surface area contributed by atoms with E-state index in [1.807, 2.05) is 4.90 Å². The zero-order valence-electron chi connectivity index (χ0n) is 11.1. The molecule has 0 aromatic rings. The number of aliphatic carboxylic acids is 1. The van der Waals surface area contributed by atoms with Gasteiger partial charge in [0.05, 0.1) is 5.92 Å². The van der Waals surface area contributed by atoms with Gasteiger partial charge in [0.2, 0.25) is 5.91 Å². The van der Waals surface area contributed by atoms with Crippen LogP contribution in [0.4, 0.5) is 0 Å². The predicted molar refractivity (Wildman–Crippen MR) is 68.3 cm³/mol. The van der Waals surface area contributed by atoms with Crippen LogP contribution in [0.2, 0.25) is 0 Å². The second kappa shape index (κ2) is 3.97. The van der Waals surface area contributed by atoms with Gasteiger partial charge in [0.15, 0.2) is 0 Å². The Bertz CT molecular complexity index is 435. The lowest BCUT2D eigenvalue weighted by molar-refractivity contribution is -0.144. The van der Waals surface area contributed by atoms with Crippen molar-refractivity contribution in [1.29, 1.82) is 0 Å². The Labute approximate surface area is 113 Å². The number of rotatable bonds is 2. The molecule has 1 N–H and O–H groups in total. The molecule has 2 saturated carbocycles. The lowest BCUT2D eigenvalue weighted by Gasteiger charge is -2.30. The lowest BCUT2D eigenvalue weighted by atomic mass is 9.87. The topological polar surface area (TPSA) is 57.6 Å². The van der Waals surface area contributed by atoms with E-state index in [9.17, 15) is 14.7 Å². The predicted octanol–water partition coefficient (Wildman–Crippen LogP) is 1.89. The lowest BCUT2D eigenvalue weighted by Crippen LogP contribution is -2.42. The van der Waals surface area contributed by atoms with Gasteiger partial charge in [0.1, 0.15) is 0 Å². The molecule has 4 heteroatoms. The van der Waals surface area contributed by atoms with Crippen LogP contribution in [0.3, 0.4) is 0 Å². The van der Waals surface area contributed by atoms with E-state index >= 15 is 0 Å². The standard InChI is InChI=1S/C15H21NO3/c17-14(11-6-8-1-2-9(11)5-8)16-10-3-4-13(16)12(7-10)15(18)19/h8-13H,1-7H2,(H,18,19). The summed E-state index contributed by atoms with van der Waals surface area (Å²) in [4.78, 5) is 26.1. The van der Waals surface area contributed by atoms with Gasteiger partial charge in [0.25, 0.3) is 0 Å². The summed E-state index contributed by atoms with van der Waals surface area (Å²) in [5.74, 6) is 0.868. The maximum atomic E-state index is 12.8. The number of carbonyl (C=O) groups is 2. The molecule has 4 nitrogen and oxygen atoms in total. The molecule has 104 valence electrons. The molecule has 4 fully saturated rings. The van der Waals surface area contributed by atoms with Gasteiger partial charge in [-0.3, -0.25) is 9.59 Å². The third kappa shape index (κ3) is 1.58. The first-order valence-corrected chi connectivity index (χ1v) is 7.70. The SMILES string of the molecule is O=C(O)C1CC2CCC1N2C(=O)C1CC2CCC1C2. The second-order valence-electron chi connectivity index (χ2n) is 7.01. The van der Waals surface area contributed by atoms with Crippen LogP contribution >= 0.6 is 0 Å². The summed E-state index contributed by atoms with van der Waals surface area (Å²) in [5, 5.41) is 9.27. The molecule has 6 atom stereocenters. The largest absolute Gasteiger partial charge is 0.481 e. The summed E-state index contributed by atoms with van der Waals surface area (Å²) in [6, 6.07) is 0.215. The minimum absolute atomic E-state index is 0.00544. The highest BCUT2D eigenvalue weighted by atomic mass is 16.4. The van der Waals surface area contributed by atoms with Crippen LogP contribution in [-0.4, -0.2) is 34.0 Å². The summed E-state index contributed by atoms with van der Waals surface area (Å²) < 4.78 is 0. The van der Waals surface area contributed by atoms with Crippen LogP contribution in [0.25, 0.3) is 0 Å². The summed E-state index contributed by atoms with van der Waals surface area (Å²) in [6.45, 7) is 0. The molecule has 4 rings (SSSR count). The Kier molecular flexibility index (Phi) is 2.45. The Hall–Kier alpha value is -1.06. The third-order valence-electron chi connectivity index (χ3n) is 6.16. The molecule has 6 unspecified atom stereocenters. The van der Waals surface area contributed by atoms with Crippen molar-refractivity contribution in [2.24, 2.45) is 23.7 Å². The fourth-order valence-electron chi connectivity index (χ4n) is 5.34. The van der Waals surface area contributed by atoms with E-state index in [4.69, 9.17) is 0 Å². The molecule has 0 aromatic heterocycles. The number of hydrogen-bond acceptors (Lipinski definition) is 2. The highest BCUT2D eigenvalue weighted by Gasteiger charge is 2.54. The van der Waals surface area contributed by atoms with Crippen LogP contribution in [0.15, 0.2) is 0 Å². The minimum atomic E-state index is -0.710. The van der Waals surface area contributed by atoms with Crippen LogP contribution in [-0.2, 0) is 9.59 Å². The van der Waals surface area contributed by atoms with E-state index in [1.54, 1.807) is 0 Å². The first-order chi connectivity index (χ1) is 9.15. The molecule has 0 radical (unpaired) electrons. The van der Waals surface area contributed by atoms with Gasteiger partial charge in [-0.05, 0) is 50.4 Å². The van der Waals surface area contributed by atoms with E-state index in [1.165, 1.54) is 19.3 Å². The minimum Gasteiger partial charge on any atom is -0.481 e. The Morgan fingerprint density at radius 3 is 2.37 bits per heavy atom. The molecule has 0 spiro atoms. The van der Waals surface area contributed by atoms with Crippen molar-refractivity contribution in [2.75, 3.05) is 0 Å². The zero-order chi connectivity index (χ0) is 13.1. The molecule has 2 aliphatic heterocycles. The molecule has 2 aliphatic carbocycles. The second-order valence-corrected chi connectivity index (χ2v) is 7.01. The molecule has 2 heterocycles. The van der Waals surface area contributed by atoms with Crippen molar-refractivity contribution in [3.63, 3.8) is 0 Å². The quantitative estimate of drug-likeness (QED) is 0.827. The molecule has 4 bridgehead atoms. The summed E-state index contributed by atoms with van der Waals surface area (Å²) in [6.07, 6.45) is 7.42. The van der Waals surface area contributed by atoms with E-state index in [0.29, 0.717) is 18.2 Å². The van der Waals surface area contributed by atoms with Gasteiger partial charge in [0, 0.05) is 18.0 Å². The van der Waals surface area contributed by atoms with Gasteiger partial charge in [-0.2, -0.15) is 0 Å². The molecular weight excluding hydrogens is 242 g/mol. The van der Waals surface area contributed by atoms with Crippen molar-refractivity contribution in [3.05, 3.63) is 0 Å². The van der Waals surface area contributed by atoms with E-state index in [-0.39, 0.29) is 23.9 Å². The number of amides is 1. The van der Waals surface area contributed by atoms with Crippen molar-refractivity contribution < 1.29 is 14.7 Å². The number of carboxylic acid groups (broad SMARTS) is 1. The van der Waals surface area contributed by atoms with Crippen molar-refractivity contribution in [1.82, 2.24) is 4.90 Å². The van der Waals surface area contributed by atoms with Crippen LogP contribution in [0.5, 0.6) is 0 Å². The van der Waals surface area contributed by atoms with E-state index in [2.05, 4.69) is 0 Å². The monoisotopic (exact) mass is 263 g/mol. The first kappa shape index (κ1) is 11.7. The van der Waals surface area contributed by atoms with Gasteiger partial charge < -0.3 is 10.0 Å². The summed E-state index contributed by atoms with van der Waals surface area (Å²) >= 11 is 0. The average molecular weight is 263 g/mol. The molecular formula is C15H21NO3. The number of hydrogen-bond donors (Lipinski definition) is 1. The number of carbonyl (C=O) groups excluding carboxylic acids is 1. The highest BCUT2D eigenvalue weighted by molar-refractivity contribution is 5.83. The van der Waals surface area contributed by atoms with E-state index in [0.717, 1.165) is 25.2 Å². The Balaban J connectivity index is 1.54. The smallest absolute Gasteiger partial charge is 0.308 e. The summed E-state index contributed by atoms with van der Waals surface area (Å²) in [5.41, 5.74) is 0. The highest BCUT2D eigenvalue weighted by Crippen LogP contribution is 2.51. The third-order valence-corrected chi connectivity index (χ3v) is 6.16. The maximum Gasteiger partial charge on any atom is 0.308 e. The fourth-order valence-corrected chi connectivity index (χ4v) is 5.34. The molecule has 4 aliphatic rings. The molecule has 1 amide bonds. The average Bonchev–Trinajstić information content (AvgIpc) is 3.16. The van der Waals surface area contributed by atoms with Crippen LogP contribution < -0.4 is 0 Å². The van der Waals surface area contributed by atoms with Gasteiger partial charge in [-0.1, -0.05) is 6.42 Å². The van der Waals surface area contributed by atoms with Crippen molar-refractivity contribution in [3.8, 4) is 0 Å². The van der Waals surface area contributed by atoms with Crippen LogP contribution in [0.1, 0.15) is 44.9 Å². The number of carboxylic acids is 1. The van der Waals surface area contributed by atoms with E-state index < -0.39 is 5.97 Å². The Morgan fingerprint density at radius 2 is 1.79 bits per heavy atom. The molecule has 19 heavy (non-hydrogen) atoms. The van der Waals surface area contributed by atoms with Crippen molar-refractivity contribution in [2.45, 2.75) is 57.0 Å².